The van der Waals surface area contributed by atoms with Gasteiger partial charge in [-0.2, -0.15) is 18.3 Å². The number of piperazine rings is 1. The highest BCUT2D eigenvalue weighted by Crippen LogP contribution is 2.35. The van der Waals surface area contributed by atoms with Crippen molar-refractivity contribution >= 4 is 23.1 Å². The van der Waals surface area contributed by atoms with Gasteiger partial charge in [-0.15, -0.1) is 0 Å². The number of hydrogen-bond donors (Lipinski definition) is 1. The second-order valence-corrected chi connectivity index (χ2v) is 10.1. The van der Waals surface area contributed by atoms with Crippen LogP contribution in [0.15, 0.2) is 60.9 Å². The molecule has 8 nitrogen and oxygen atoms in total. The highest BCUT2D eigenvalue weighted by Gasteiger charge is 2.34. The van der Waals surface area contributed by atoms with E-state index in [2.05, 4.69) is 27.2 Å². The molecule has 0 radical (unpaired) electrons. The Balaban J connectivity index is 1.31. The molecule has 42 heavy (non-hydrogen) atoms. The second kappa shape index (κ2) is 12.0. The number of fused-ring (bicyclic) bond motifs is 1. The Morgan fingerprint density at radius 2 is 1.81 bits per heavy atom. The fourth-order valence-corrected chi connectivity index (χ4v) is 4.82. The van der Waals surface area contributed by atoms with Gasteiger partial charge in [0.25, 0.3) is 5.91 Å². The summed E-state index contributed by atoms with van der Waals surface area (Å²) in [5, 5.41) is 6.83. The van der Waals surface area contributed by atoms with E-state index in [0.29, 0.717) is 49.5 Å². The third-order valence-corrected chi connectivity index (χ3v) is 7.20. The third kappa shape index (κ3) is 6.44. The van der Waals surface area contributed by atoms with Crippen molar-refractivity contribution < 1.29 is 22.8 Å². The zero-order valence-corrected chi connectivity index (χ0v) is 23.2. The third-order valence-electron chi connectivity index (χ3n) is 7.20. The van der Waals surface area contributed by atoms with Gasteiger partial charge in [-0.25, -0.2) is 9.50 Å². The molecule has 2 aromatic carbocycles. The first-order valence-electron chi connectivity index (χ1n) is 13.6. The van der Waals surface area contributed by atoms with Crippen LogP contribution in [0.5, 0.6) is 0 Å². The molecule has 0 unspecified atom stereocenters. The first-order chi connectivity index (χ1) is 20.1. The minimum Gasteiger partial charge on any atom is -0.340 e. The molecular weight excluding hydrogens is 545 g/mol. The van der Waals surface area contributed by atoms with Crippen molar-refractivity contribution in [1.29, 1.82) is 0 Å². The molecule has 1 saturated heterocycles. The molecule has 0 spiro atoms. The number of anilines is 1. The van der Waals surface area contributed by atoms with Gasteiger partial charge in [-0.1, -0.05) is 25.0 Å². The van der Waals surface area contributed by atoms with Crippen molar-refractivity contribution in [2.75, 3.05) is 31.5 Å². The van der Waals surface area contributed by atoms with Crippen LogP contribution < -0.4 is 5.32 Å². The van der Waals surface area contributed by atoms with Crippen molar-refractivity contribution in [2.45, 2.75) is 33.0 Å². The normalized spacial score (nSPS) is 14.0. The quantitative estimate of drug-likeness (QED) is 0.348. The fourth-order valence-electron chi connectivity index (χ4n) is 4.82. The van der Waals surface area contributed by atoms with Crippen LogP contribution in [0, 0.1) is 18.8 Å². The molecule has 2 aromatic heterocycles. The van der Waals surface area contributed by atoms with E-state index >= 15 is 0 Å². The number of carbonyl (C=O) groups excluding carboxylic acids is 2. The molecule has 2 amide bonds. The molecule has 0 atom stereocenters. The van der Waals surface area contributed by atoms with Crippen molar-refractivity contribution in [3.05, 3.63) is 94.4 Å². The van der Waals surface area contributed by atoms with Crippen LogP contribution in [-0.4, -0.2) is 62.4 Å². The molecule has 0 aliphatic carbocycles. The van der Waals surface area contributed by atoms with Crippen LogP contribution >= 0.6 is 0 Å². The van der Waals surface area contributed by atoms with E-state index in [-0.39, 0.29) is 29.3 Å². The lowest BCUT2D eigenvalue weighted by Crippen LogP contribution is -2.48. The summed E-state index contributed by atoms with van der Waals surface area (Å²) in [5.74, 6) is 5.57. The molecule has 0 bridgehead atoms. The number of halogens is 3. The van der Waals surface area contributed by atoms with E-state index in [0.717, 1.165) is 11.6 Å². The number of rotatable bonds is 5. The molecule has 216 valence electrons. The minimum absolute atomic E-state index is 0.0412. The van der Waals surface area contributed by atoms with Gasteiger partial charge in [0.1, 0.15) is 5.69 Å². The Morgan fingerprint density at radius 1 is 1.02 bits per heavy atom. The lowest BCUT2D eigenvalue weighted by molar-refractivity contribution is -0.138. The summed E-state index contributed by atoms with van der Waals surface area (Å²) in [6, 6.07) is 12.4. The predicted molar refractivity (Wildman–Crippen MR) is 152 cm³/mol. The van der Waals surface area contributed by atoms with Gasteiger partial charge in [-0.05, 0) is 60.4 Å². The minimum atomic E-state index is -4.60. The Morgan fingerprint density at radius 3 is 2.55 bits per heavy atom. The van der Waals surface area contributed by atoms with E-state index in [1.807, 2.05) is 17.9 Å². The van der Waals surface area contributed by atoms with Gasteiger partial charge in [0.05, 0.1) is 11.8 Å². The van der Waals surface area contributed by atoms with Crippen molar-refractivity contribution in [3.8, 4) is 11.8 Å². The lowest BCUT2D eigenvalue weighted by Gasteiger charge is -2.35. The molecule has 4 aromatic rings. The highest BCUT2D eigenvalue weighted by molar-refractivity contribution is 6.04. The van der Waals surface area contributed by atoms with Crippen LogP contribution in [0.3, 0.4) is 0 Å². The maximum Gasteiger partial charge on any atom is 0.416 e. The molecule has 1 aliphatic heterocycles. The number of aromatic nitrogens is 3. The van der Waals surface area contributed by atoms with Gasteiger partial charge < -0.3 is 10.2 Å². The standard InChI is InChI=1S/C31H29F3N6O2/c1-3-29(41)39-15-13-38(14-16-39)20-24-8-10-25(18-27(24)31(32,33)34)37-30(42)23-7-6-21(2)22(17-23)9-11-26-19-35-28-5-4-12-36-40(26)28/h4-8,10,12,17-19H,3,13-16,20H2,1-2H3,(H,37,42). The smallest absolute Gasteiger partial charge is 0.340 e. The number of imidazole rings is 1. The largest absolute Gasteiger partial charge is 0.416 e. The van der Waals surface area contributed by atoms with Crippen LogP contribution in [0.4, 0.5) is 18.9 Å². The summed E-state index contributed by atoms with van der Waals surface area (Å²) in [7, 11) is 0. The van der Waals surface area contributed by atoms with Crippen molar-refractivity contribution in [2.24, 2.45) is 0 Å². The average molecular weight is 575 g/mol. The highest BCUT2D eigenvalue weighted by atomic mass is 19.4. The predicted octanol–water partition coefficient (Wildman–Crippen LogP) is 4.76. The Hall–Kier alpha value is -4.69. The number of nitrogens with one attached hydrogen (secondary N) is 1. The van der Waals surface area contributed by atoms with Crippen LogP contribution in [0.25, 0.3) is 5.65 Å². The van der Waals surface area contributed by atoms with Gasteiger partial charge in [0, 0.05) is 62.2 Å². The summed E-state index contributed by atoms with van der Waals surface area (Å²) in [4.78, 5) is 32.9. The molecule has 0 saturated carbocycles. The summed E-state index contributed by atoms with van der Waals surface area (Å²) in [6.07, 6.45) is -0.958. The second-order valence-electron chi connectivity index (χ2n) is 10.1. The monoisotopic (exact) mass is 574 g/mol. The first-order valence-corrected chi connectivity index (χ1v) is 13.6. The number of nitrogens with zero attached hydrogens (tertiary/aromatic N) is 5. The molecule has 1 fully saturated rings. The fraction of sp³-hybridized carbons (Fsp3) is 0.290. The number of amides is 2. The molecule has 3 heterocycles. The number of hydrogen-bond acceptors (Lipinski definition) is 5. The Labute approximate surface area is 241 Å². The van der Waals surface area contributed by atoms with E-state index in [9.17, 15) is 22.8 Å². The van der Waals surface area contributed by atoms with E-state index in [1.165, 1.54) is 12.1 Å². The van der Waals surface area contributed by atoms with E-state index in [1.54, 1.807) is 53.0 Å². The Kier molecular flexibility index (Phi) is 8.27. The van der Waals surface area contributed by atoms with Gasteiger partial charge >= 0.3 is 6.18 Å². The molecule has 1 aliphatic rings. The average Bonchev–Trinajstić information content (AvgIpc) is 3.40. The zero-order chi connectivity index (χ0) is 29.9. The maximum atomic E-state index is 14.0. The molecule has 1 N–H and O–H groups in total. The molecular formula is C31H29F3N6O2. The SMILES string of the molecule is CCC(=O)N1CCN(Cc2ccc(NC(=O)c3ccc(C)c(C#Cc4cnc5cccnn45)c3)cc2C(F)(F)F)CC1. The number of benzene rings is 2. The Bertz CT molecular complexity index is 1690. The molecule has 11 heteroatoms. The van der Waals surface area contributed by atoms with Crippen LogP contribution in [-0.2, 0) is 17.5 Å². The van der Waals surface area contributed by atoms with Crippen LogP contribution in [0.2, 0.25) is 0 Å². The maximum absolute atomic E-state index is 14.0. The lowest BCUT2D eigenvalue weighted by atomic mass is 10.0. The summed E-state index contributed by atoms with van der Waals surface area (Å²) < 4.78 is 43.7. The van der Waals surface area contributed by atoms with Gasteiger partial charge in [-0.3, -0.25) is 14.5 Å². The first kappa shape index (κ1) is 28.8. The molecule has 5 rings (SSSR count). The van der Waals surface area contributed by atoms with E-state index < -0.39 is 17.6 Å². The number of carbonyl (C=O) groups is 2. The number of alkyl halides is 3. The van der Waals surface area contributed by atoms with Gasteiger partial charge in [0.15, 0.2) is 5.65 Å². The summed E-state index contributed by atoms with van der Waals surface area (Å²) >= 11 is 0. The van der Waals surface area contributed by atoms with E-state index in [4.69, 9.17) is 0 Å². The number of aryl methyl sites for hydroxylation is 1. The zero-order valence-electron chi connectivity index (χ0n) is 23.2. The topological polar surface area (TPSA) is 82.8 Å². The summed E-state index contributed by atoms with van der Waals surface area (Å²) in [6.45, 7) is 5.70. The van der Waals surface area contributed by atoms with Crippen molar-refractivity contribution in [3.63, 3.8) is 0 Å². The summed E-state index contributed by atoms with van der Waals surface area (Å²) in [5.41, 5.74) is 2.29. The van der Waals surface area contributed by atoms with Crippen molar-refractivity contribution in [1.82, 2.24) is 24.4 Å². The van der Waals surface area contributed by atoms with Gasteiger partial charge in [0.2, 0.25) is 5.91 Å². The van der Waals surface area contributed by atoms with Crippen LogP contribution in [0.1, 0.15) is 51.7 Å².